The highest BCUT2D eigenvalue weighted by Crippen LogP contribution is 2.34. The fraction of sp³-hybridized carbons (Fsp3) is 0.727. The Morgan fingerprint density at radius 3 is 3.14 bits per heavy atom. The lowest BCUT2D eigenvalue weighted by Gasteiger charge is -2.18. The van der Waals surface area contributed by atoms with E-state index >= 15 is 0 Å². The van der Waals surface area contributed by atoms with Gasteiger partial charge in [-0.15, -0.1) is 11.3 Å². The average molecular weight is 210 g/mol. The Morgan fingerprint density at radius 2 is 2.43 bits per heavy atom. The fourth-order valence-corrected chi connectivity index (χ4v) is 3.41. The van der Waals surface area contributed by atoms with Crippen LogP contribution in [0, 0.1) is 0 Å². The van der Waals surface area contributed by atoms with Gasteiger partial charge in [0.2, 0.25) is 0 Å². The Balaban J connectivity index is 2.24. The van der Waals surface area contributed by atoms with E-state index in [1.54, 1.807) is 0 Å². The molecule has 0 radical (unpaired) electrons. The van der Waals surface area contributed by atoms with Gasteiger partial charge in [-0.25, -0.2) is 4.98 Å². The van der Waals surface area contributed by atoms with Gasteiger partial charge in [-0.1, -0.05) is 6.92 Å². The third-order valence-corrected chi connectivity index (χ3v) is 4.05. The van der Waals surface area contributed by atoms with Crippen LogP contribution in [0.25, 0.3) is 0 Å². The van der Waals surface area contributed by atoms with Crippen LogP contribution < -0.4 is 5.73 Å². The maximum atomic E-state index is 5.77. The first kappa shape index (κ1) is 10.1. The highest BCUT2D eigenvalue weighted by molar-refractivity contribution is 7.11. The number of nitrogens with zero attached hydrogens (tertiary/aromatic N) is 1. The Morgan fingerprint density at radius 1 is 1.57 bits per heavy atom. The van der Waals surface area contributed by atoms with Crippen molar-refractivity contribution in [3.63, 3.8) is 0 Å². The summed E-state index contributed by atoms with van der Waals surface area (Å²) in [5.41, 5.74) is 7.09. The Labute approximate surface area is 89.5 Å². The summed E-state index contributed by atoms with van der Waals surface area (Å²) < 4.78 is 0. The molecule has 1 aliphatic carbocycles. The van der Waals surface area contributed by atoms with E-state index in [4.69, 9.17) is 10.7 Å². The van der Waals surface area contributed by atoms with Crippen LogP contribution in [0.1, 0.15) is 47.7 Å². The van der Waals surface area contributed by atoms with E-state index < -0.39 is 0 Å². The molecule has 3 heteroatoms. The molecule has 1 atom stereocenters. The molecule has 0 fully saturated rings. The Hall–Kier alpha value is -0.410. The molecule has 0 bridgehead atoms. The number of nitrogens with two attached hydrogens (primary N) is 1. The van der Waals surface area contributed by atoms with E-state index in [-0.39, 0.29) is 0 Å². The van der Waals surface area contributed by atoms with Crippen molar-refractivity contribution < 1.29 is 0 Å². The molecule has 1 aliphatic rings. The molecule has 0 amide bonds. The van der Waals surface area contributed by atoms with Crippen molar-refractivity contribution in [1.29, 1.82) is 0 Å². The summed E-state index contributed by atoms with van der Waals surface area (Å²) in [6, 6.07) is 0. The number of fused-ring (bicyclic) bond motifs is 1. The molecule has 0 saturated heterocycles. The van der Waals surface area contributed by atoms with Gasteiger partial charge in [0.15, 0.2) is 0 Å². The number of rotatable bonds is 3. The van der Waals surface area contributed by atoms with E-state index in [2.05, 4.69) is 6.92 Å². The first-order valence-electron chi connectivity index (χ1n) is 5.53. The predicted molar refractivity (Wildman–Crippen MR) is 60.8 cm³/mol. The van der Waals surface area contributed by atoms with Crippen molar-refractivity contribution >= 4 is 11.3 Å². The lowest BCUT2D eigenvalue weighted by molar-refractivity contribution is 0.553. The number of aryl methyl sites for hydroxylation is 2. The zero-order chi connectivity index (χ0) is 9.97. The topological polar surface area (TPSA) is 38.9 Å². The molecule has 0 saturated carbocycles. The van der Waals surface area contributed by atoms with Crippen LogP contribution in [0.5, 0.6) is 0 Å². The average Bonchev–Trinajstić information content (AvgIpc) is 2.60. The summed E-state index contributed by atoms with van der Waals surface area (Å²) in [7, 11) is 0. The number of hydrogen-bond acceptors (Lipinski definition) is 3. The standard InChI is InChI=1S/C11H18N2S/c1-2-4-10-13-11-8(7-12)5-3-6-9(11)14-10/h8H,2-7,12H2,1H3. The lowest BCUT2D eigenvalue weighted by Crippen LogP contribution is -2.17. The Kier molecular flexibility index (Phi) is 3.19. The minimum atomic E-state index is 0.542. The van der Waals surface area contributed by atoms with Crippen molar-refractivity contribution in [3.05, 3.63) is 15.6 Å². The first-order chi connectivity index (χ1) is 6.85. The monoisotopic (exact) mass is 210 g/mol. The summed E-state index contributed by atoms with van der Waals surface area (Å²) in [5.74, 6) is 0.542. The minimum Gasteiger partial charge on any atom is -0.330 e. The highest BCUT2D eigenvalue weighted by Gasteiger charge is 2.23. The second kappa shape index (κ2) is 4.41. The van der Waals surface area contributed by atoms with Gasteiger partial charge >= 0.3 is 0 Å². The molecule has 0 spiro atoms. The van der Waals surface area contributed by atoms with Crippen LogP contribution >= 0.6 is 11.3 Å². The molecule has 0 aliphatic heterocycles. The summed E-state index contributed by atoms with van der Waals surface area (Å²) in [5, 5.41) is 1.32. The summed E-state index contributed by atoms with van der Waals surface area (Å²) in [6.07, 6.45) is 6.09. The van der Waals surface area contributed by atoms with Crippen LogP contribution in [0.3, 0.4) is 0 Å². The molecular weight excluding hydrogens is 192 g/mol. The van der Waals surface area contributed by atoms with Gasteiger partial charge in [-0.05, 0) is 32.1 Å². The van der Waals surface area contributed by atoms with Crippen molar-refractivity contribution in [2.45, 2.75) is 44.9 Å². The summed E-state index contributed by atoms with van der Waals surface area (Å²) >= 11 is 1.91. The number of hydrogen-bond donors (Lipinski definition) is 1. The van der Waals surface area contributed by atoms with E-state index in [1.807, 2.05) is 11.3 Å². The van der Waals surface area contributed by atoms with Crippen molar-refractivity contribution in [2.24, 2.45) is 5.73 Å². The molecule has 2 nitrogen and oxygen atoms in total. The van der Waals surface area contributed by atoms with E-state index in [0.717, 1.165) is 13.0 Å². The molecule has 2 rings (SSSR count). The molecule has 1 aromatic rings. The van der Waals surface area contributed by atoms with E-state index in [1.165, 1.54) is 41.3 Å². The SMILES string of the molecule is CCCc1nc2c(s1)CCCC2CN. The van der Waals surface area contributed by atoms with Crippen LogP contribution in [-0.4, -0.2) is 11.5 Å². The van der Waals surface area contributed by atoms with Gasteiger partial charge in [0.1, 0.15) is 0 Å². The number of thiazole rings is 1. The summed E-state index contributed by atoms with van der Waals surface area (Å²) in [6.45, 7) is 2.98. The van der Waals surface area contributed by atoms with Crippen LogP contribution in [-0.2, 0) is 12.8 Å². The van der Waals surface area contributed by atoms with Gasteiger partial charge in [0.25, 0.3) is 0 Å². The largest absolute Gasteiger partial charge is 0.330 e. The van der Waals surface area contributed by atoms with Crippen molar-refractivity contribution in [3.8, 4) is 0 Å². The minimum absolute atomic E-state index is 0.542. The molecule has 1 aromatic heterocycles. The van der Waals surface area contributed by atoms with Gasteiger partial charge in [-0.3, -0.25) is 0 Å². The third-order valence-electron chi connectivity index (χ3n) is 2.86. The summed E-state index contributed by atoms with van der Waals surface area (Å²) in [4.78, 5) is 6.24. The molecule has 14 heavy (non-hydrogen) atoms. The van der Waals surface area contributed by atoms with E-state index in [0.29, 0.717) is 5.92 Å². The molecule has 1 unspecified atom stereocenters. The van der Waals surface area contributed by atoms with Crippen molar-refractivity contribution in [2.75, 3.05) is 6.54 Å². The van der Waals surface area contributed by atoms with Crippen LogP contribution in [0.4, 0.5) is 0 Å². The van der Waals surface area contributed by atoms with Crippen LogP contribution in [0.15, 0.2) is 0 Å². The lowest BCUT2D eigenvalue weighted by atomic mass is 9.91. The predicted octanol–water partition coefficient (Wildman–Crippen LogP) is 2.47. The molecule has 78 valence electrons. The van der Waals surface area contributed by atoms with Gasteiger partial charge in [-0.2, -0.15) is 0 Å². The van der Waals surface area contributed by atoms with Crippen molar-refractivity contribution in [1.82, 2.24) is 4.98 Å². The maximum absolute atomic E-state index is 5.77. The van der Waals surface area contributed by atoms with Crippen LogP contribution in [0.2, 0.25) is 0 Å². The highest BCUT2D eigenvalue weighted by atomic mass is 32.1. The zero-order valence-electron chi connectivity index (χ0n) is 8.75. The van der Waals surface area contributed by atoms with Gasteiger partial charge in [0.05, 0.1) is 10.7 Å². The smallest absolute Gasteiger partial charge is 0.0931 e. The first-order valence-corrected chi connectivity index (χ1v) is 6.35. The zero-order valence-corrected chi connectivity index (χ0v) is 9.57. The molecular formula is C11H18N2S. The Bertz CT molecular complexity index is 306. The molecule has 0 aromatic carbocycles. The molecule has 2 N–H and O–H groups in total. The van der Waals surface area contributed by atoms with Gasteiger partial charge in [0, 0.05) is 17.3 Å². The number of aromatic nitrogens is 1. The fourth-order valence-electron chi connectivity index (χ4n) is 2.11. The second-order valence-corrected chi connectivity index (χ2v) is 5.16. The van der Waals surface area contributed by atoms with Gasteiger partial charge < -0.3 is 5.73 Å². The maximum Gasteiger partial charge on any atom is 0.0931 e. The quantitative estimate of drug-likeness (QED) is 0.832. The normalized spacial score (nSPS) is 20.9. The molecule has 1 heterocycles. The second-order valence-electron chi connectivity index (χ2n) is 3.99. The third kappa shape index (κ3) is 1.84. The van der Waals surface area contributed by atoms with E-state index in [9.17, 15) is 0 Å².